The predicted octanol–water partition coefficient (Wildman–Crippen LogP) is 2.33. The van der Waals surface area contributed by atoms with Gasteiger partial charge in [-0.25, -0.2) is 0 Å². The maximum atomic E-state index is 12.8. The zero-order chi connectivity index (χ0) is 17.9. The molecule has 4 rings (SSSR count). The second-order valence-corrected chi connectivity index (χ2v) is 6.75. The molecule has 1 aromatic carbocycles. The summed E-state index contributed by atoms with van der Waals surface area (Å²) in [6.45, 7) is 1.89. The standard InChI is InChI=1S/C20H23N3O3/c24-19(21-14-15-6-5-13-26-15)10-4-12-23-17-8-2-1-7-16(17)22-11-3-9-18(22)20(23)25/h1-3,7-9,11,15H,4-6,10,12-14H2,(H,21,24)/t15-/m1/s1. The summed E-state index contributed by atoms with van der Waals surface area (Å²) in [6, 6.07) is 11.6. The Hall–Kier alpha value is -2.60. The van der Waals surface area contributed by atoms with Gasteiger partial charge in [0.05, 0.1) is 17.1 Å². The molecule has 1 amide bonds. The van der Waals surface area contributed by atoms with E-state index in [0.717, 1.165) is 30.5 Å². The lowest BCUT2D eigenvalue weighted by molar-refractivity contribution is -0.121. The first kappa shape index (κ1) is 16.8. The van der Waals surface area contributed by atoms with Crippen LogP contribution in [0.5, 0.6) is 0 Å². The van der Waals surface area contributed by atoms with Crippen molar-refractivity contribution < 1.29 is 9.53 Å². The average molecular weight is 353 g/mol. The van der Waals surface area contributed by atoms with Gasteiger partial charge in [0.2, 0.25) is 5.91 Å². The smallest absolute Gasteiger partial charge is 0.275 e. The van der Waals surface area contributed by atoms with Gasteiger partial charge in [-0.1, -0.05) is 12.1 Å². The number of benzene rings is 1. The molecule has 1 saturated heterocycles. The highest BCUT2D eigenvalue weighted by Gasteiger charge is 2.16. The van der Waals surface area contributed by atoms with Crippen LogP contribution in [0.15, 0.2) is 47.4 Å². The zero-order valence-corrected chi connectivity index (χ0v) is 14.7. The minimum Gasteiger partial charge on any atom is -0.376 e. The van der Waals surface area contributed by atoms with Crippen molar-refractivity contribution in [2.75, 3.05) is 13.2 Å². The van der Waals surface area contributed by atoms with Crippen molar-refractivity contribution in [3.63, 3.8) is 0 Å². The second kappa shape index (κ2) is 7.33. The molecule has 136 valence electrons. The van der Waals surface area contributed by atoms with Crippen molar-refractivity contribution in [2.45, 2.75) is 38.3 Å². The third-order valence-electron chi connectivity index (χ3n) is 4.98. The van der Waals surface area contributed by atoms with Crippen molar-refractivity contribution in [3.8, 4) is 0 Å². The summed E-state index contributed by atoms with van der Waals surface area (Å²) < 4.78 is 9.21. The highest BCUT2D eigenvalue weighted by Crippen LogP contribution is 2.15. The highest BCUT2D eigenvalue weighted by molar-refractivity contribution is 5.79. The van der Waals surface area contributed by atoms with E-state index in [0.29, 0.717) is 31.4 Å². The van der Waals surface area contributed by atoms with E-state index in [1.165, 1.54) is 0 Å². The molecule has 0 bridgehead atoms. The van der Waals surface area contributed by atoms with Gasteiger partial charge in [-0.05, 0) is 43.5 Å². The first-order valence-electron chi connectivity index (χ1n) is 9.21. The van der Waals surface area contributed by atoms with Crippen LogP contribution in [0.3, 0.4) is 0 Å². The molecule has 0 radical (unpaired) electrons. The van der Waals surface area contributed by atoms with Crippen LogP contribution >= 0.6 is 0 Å². The molecule has 6 heteroatoms. The highest BCUT2D eigenvalue weighted by atomic mass is 16.5. The molecule has 1 atom stereocenters. The topological polar surface area (TPSA) is 64.7 Å². The quantitative estimate of drug-likeness (QED) is 0.740. The number of para-hydroxylation sites is 2. The van der Waals surface area contributed by atoms with Crippen LogP contribution in [-0.4, -0.2) is 34.1 Å². The molecule has 1 aliphatic heterocycles. The number of ether oxygens (including phenoxy) is 1. The largest absolute Gasteiger partial charge is 0.376 e. The van der Waals surface area contributed by atoms with Crippen LogP contribution in [-0.2, 0) is 16.1 Å². The zero-order valence-electron chi connectivity index (χ0n) is 14.7. The molecular formula is C20H23N3O3. The predicted molar refractivity (Wildman–Crippen MR) is 100 cm³/mol. The van der Waals surface area contributed by atoms with Gasteiger partial charge < -0.3 is 19.0 Å². The molecule has 1 N–H and O–H groups in total. The van der Waals surface area contributed by atoms with Crippen molar-refractivity contribution in [2.24, 2.45) is 0 Å². The van der Waals surface area contributed by atoms with E-state index in [9.17, 15) is 9.59 Å². The Morgan fingerprint density at radius 3 is 2.77 bits per heavy atom. The molecule has 3 aromatic rings. The van der Waals surface area contributed by atoms with Crippen LogP contribution in [0, 0.1) is 0 Å². The molecule has 0 unspecified atom stereocenters. The number of aryl methyl sites for hydroxylation is 1. The SMILES string of the molecule is O=C(CCCn1c(=O)c2cccn2c2ccccc21)NC[C@H]1CCCO1. The number of hydrogen-bond donors (Lipinski definition) is 1. The summed E-state index contributed by atoms with van der Waals surface area (Å²) in [4.78, 5) is 24.9. The van der Waals surface area contributed by atoms with Gasteiger partial charge in [0, 0.05) is 32.3 Å². The molecule has 0 aliphatic carbocycles. The molecular weight excluding hydrogens is 330 g/mol. The lowest BCUT2D eigenvalue weighted by Gasteiger charge is -2.13. The van der Waals surface area contributed by atoms with E-state index in [1.54, 1.807) is 4.57 Å². The Morgan fingerprint density at radius 1 is 1.15 bits per heavy atom. The maximum absolute atomic E-state index is 12.8. The van der Waals surface area contributed by atoms with E-state index >= 15 is 0 Å². The van der Waals surface area contributed by atoms with Crippen LogP contribution in [0.1, 0.15) is 25.7 Å². The number of carbonyl (C=O) groups excluding carboxylic acids is 1. The van der Waals surface area contributed by atoms with Gasteiger partial charge in [0.15, 0.2) is 0 Å². The van der Waals surface area contributed by atoms with E-state index in [4.69, 9.17) is 4.74 Å². The van der Waals surface area contributed by atoms with Crippen molar-refractivity contribution in [1.82, 2.24) is 14.3 Å². The average Bonchev–Trinajstić information content (AvgIpc) is 3.34. The Bertz CT molecular complexity index is 983. The number of nitrogens with zero attached hydrogens (tertiary/aromatic N) is 2. The van der Waals surface area contributed by atoms with Gasteiger partial charge in [-0.15, -0.1) is 0 Å². The Kier molecular flexibility index (Phi) is 4.75. The second-order valence-electron chi connectivity index (χ2n) is 6.75. The monoisotopic (exact) mass is 353 g/mol. The normalized spacial score (nSPS) is 17.2. The minimum atomic E-state index is -0.0199. The van der Waals surface area contributed by atoms with Crippen molar-refractivity contribution >= 4 is 22.5 Å². The molecule has 0 spiro atoms. The lowest BCUT2D eigenvalue weighted by Crippen LogP contribution is -2.32. The number of nitrogens with one attached hydrogen (secondary N) is 1. The first-order valence-corrected chi connectivity index (χ1v) is 9.21. The molecule has 0 saturated carbocycles. The molecule has 1 aliphatic rings. The molecule has 26 heavy (non-hydrogen) atoms. The van der Waals surface area contributed by atoms with Gasteiger partial charge in [-0.2, -0.15) is 0 Å². The summed E-state index contributed by atoms with van der Waals surface area (Å²) in [5, 5.41) is 2.93. The number of fused-ring (bicyclic) bond motifs is 3. The fraction of sp³-hybridized carbons (Fsp3) is 0.400. The van der Waals surface area contributed by atoms with E-state index < -0.39 is 0 Å². The Morgan fingerprint density at radius 2 is 1.96 bits per heavy atom. The summed E-state index contributed by atoms with van der Waals surface area (Å²) in [5.41, 5.74) is 2.52. The number of aromatic nitrogens is 2. The Balaban J connectivity index is 1.45. The van der Waals surface area contributed by atoms with Crippen LogP contribution in [0.25, 0.3) is 16.6 Å². The molecule has 6 nitrogen and oxygen atoms in total. The maximum Gasteiger partial charge on any atom is 0.275 e. The van der Waals surface area contributed by atoms with Crippen LogP contribution < -0.4 is 10.9 Å². The van der Waals surface area contributed by atoms with Gasteiger partial charge in [0.25, 0.3) is 5.56 Å². The van der Waals surface area contributed by atoms with Gasteiger partial charge >= 0.3 is 0 Å². The van der Waals surface area contributed by atoms with E-state index in [2.05, 4.69) is 5.32 Å². The van der Waals surface area contributed by atoms with Gasteiger partial charge in [-0.3, -0.25) is 9.59 Å². The van der Waals surface area contributed by atoms with Crippen molar-refractivity contribution in [1.29, 1.82) is 0 Å². The van der Waals surface area contributed by atoms with Crippen LogP contribution in [0.4, 0.5) is 0 Å². The summed E-state index contributed by atoms with van der Waals surface area (Å²) in [6.07, 6.45) is 5.17. The van der Waals surface area contributed by atoms with E-state index in [1.807, 2.05) is 47.0 Å². The fourth-order valence-corrected chi connectivity index (χ4v) is 3.65. The summed E-state index contributed by atoms with van der Waals surface area (Å²) in [5.74, 6) is 0.0154. The molecule has 3 heterocycles. The fourth-order valence-electron chi connectivity index (χ4n) is 3.65. The number of amides is 1. The van der Waals surface area contributed by atoms with Crippen LogP contribution in [0.2, 0.25) is 0 Å². The third kappa shape index (κ3) is 3.24. The van der Waals surface area contributed by atoms with Gasteiger partial charge in [0.1, 0.15) is 5.52 Å². The first-order chi connectivity index (χ1) is 12.7. The lowest BCUT2D eigenvalue weighted by atomic mass is 10.2. The van der Waals surface area contributed by atoms with E-state index in [-0.39, 0.29) is 17.6 Å². The number of hydrogen-bond acceptors (Lipinski definition) is 3. The van der Waals surface area contributed by atoms with Crippen molar-refractivity contribution in [3.05, 3.63) is 52.9 Å². The molecule has 2 aromatic heterocycles. The summed E-state index contributed by atoms with van der Waals surface area (Å²) >= 11 is 0. The molecule has 1 fully saturated rings. The number of carbonyl (C=O) groups is 1. The third-order valence-corrected chi connectivity index (χ3v) is 4.98. The Labute approximate surface area is 151 Å². The number of rotatable bonds is 6. The minimum absolute atomic E-state index is 0.0154. The summed E-state index contributed by atoms with van der Waals surface area (Å²) in [7, 11) is 0.